The van der Waals surface area contributed by atoms with Gasteiger partial charge in [-0.15, -0.1) is 5.10 Å². The van der Waals surface area contributed by atoms with E-state index in [1.165, 1.54) is 9.20 Å². The van der Waals surface area contributed by atoms with Gasteiger partial charge in [-0.2, -0.15) is 9.61 Å². The Kier molecular flexibility index (Phi) is 5.30. The van der Waals surface area contributed by atoms with Gasteiger partial charge in [-0.3, -0.25) is 0 Å². The van der Waals surface area contributed by atoms with Crippen LogP contribution in [0.4, 0.5) is 0 Å². The predicted octanol–water partition coefficient (Wildman–Crippen LogP) is 5.01. The van der Waals surface area contributed by atoms with E-state index in [1.807, 2.05) is 42.5 Å². The second kappa shape index (κ2) is 8.11. The Morgan fingerprint density at radius 1 is 0.871 bits per heavy atom. The standard InChI is InChI=1S/C23H20Cl2N4O2/c24-16-9-5-14(6-10-16)18-13-21-26-28(19-3-1-2-4-20(19)30)23(31)29(21)27-22(18)15-7-11-17(25)12-8-15/h5-13,19-20,30H,1-4H2. The normalized spacial score (nSPS) is 19.1. The number of rotatable bonds is 3. The Balaban J connectivity index is 1.73. The summed E-state index contributed by atoms with van der Waals surface area (Å²) in [6.45, 7) is 0. The van der Waals surface area contributed by atoms with Gasteiger partial charge in [-0.1, -0.05) is 60.3 Å². The van der Waals surface area contributed by atoms with E-state index in [4.69, 9.17) is 23.2 Å². The first kappa shape index (κ1) is 20.2. The van der Waals surface area contributed by atoms with Crippen molar-refractivity contribution in [1.82, 2.24) is 19.4 Å². The van der Waals surface area contributed by atoms with Crippen LogP contribution in [0.15, 0.2) is 59.4 Å². The summed E-state index contributed by atoms with van der Waals surface area (Å²) in [5.74, 6) is 0. The van der Waals surface area contributed by atoms with Gasteiger partial charge in [0.2, 0.25) is 0 Å². The fraction of sp³-hybridized carbons (Fsp3) is 0.261. The van der Waals surface area contributed by atoms with Crippen LogP contribution in [0.2, 0.25) is 10.0 Å². The van der Waals surface area contributed by atoms with E-state index in [-0.39, 0.29) is 11.7 Å². The molecule has 1 aliphatic carbocycles. The first-order valence-electron chi connectivity index (χ1n) is 10.2. The van der Waals surface area contributed by atoms with Gasteiger partial charge in [-0.05, 0) is 48.7 Å². The van der Waals surface area contributed by atoms with Crippen molar-refractivity contribution in [1.29, 1.82) is 0 Å². The van der Waals surface area contributed by atoms with E-state index in [1.54, 1.807) is 12.1 Å². The molecule has 0 radical (unpaired) electrons. The number of halogens is 2. The molecule has 1 fully saturated rings. The molecule has 2 unspecified atom stereocenters. The number of aliphatic hydroxyl groups excluding tert-OH is 1. The molecule has 2 aromatic carbocycles. The van der Waals surface area contributed by atoms with Gasteiger partial charge < -0.3 is 5.11 Å². The molecule has 4 aromatic rings. The molecule has 1 aliphatic rings. The first-order valence-corrected chi connectivity index (χ1v) is 11.0. The molecule has 0 bridgehead atoms. The fourth-order valence-corrected chi connectivity index (χ4v) is 4.44. The lowest BCUT2D eigenvalue weighted by molar-refractivity contribution is 0.0676. The number of benzene rings is 2. The van der Waals surface area contributed by atoms with E-state index < -0.39 is 6.10 Å². The van der Waals surface area contributed by atoms with Crippen LogP contribution < -0.4 is 5.69 Å². The van der Waals surface area contributed by atoms with Crippen LogP contribution in [0.3, 0.4) is 0 Å². The van der Waals surface area contributed by atoms with E-state index in [2.05, 4.69) is 10.2 Å². The largest absolute Gasteiger partial charge is 0.391 e. The molecule has 1 saturated carbocycles. The topological polar surface area (TPSA) is 72.4 Å². The maximum Gasteiger partial charge on any atom is 0.367 e. The molecule has 0 saturated heterocycles. The first-order chi connectivity index (χ1) is 15.0. The second-order valence-corrected chi connectivity index (χ2v) is 8.71. The van der Waals surface area contributed by atoms with Crippen molar-refractivity contribution in [3.63, 3.8) is 0 Å². The molecule has 158 valence electrons. The number of hydrogen-bond donors (Lipinski definition) is 1. The Morgan fingerprint density at radius 2 is 1.48 bits per heavy atom. The lowest BCUT2D eigenvalue weighted by atomic mass is 9.93. The molecule has 2 heterocycles. The van der Waals surface area contributed by atoms with E-state index in [0.29, 0.717) is 27.8 Å². The molecule has 0 amide bonds. The van der Waals surface area contributed by atoms with Crippen LogP contribution >= 0.6 is 23.2 Å². The van der Waals surface area contributed by atoms with Crippen molar-refractivity contribution in [2.75, 3.05) is 0 Å². The zero-order valence-electron chi connectivity index (χ0n) is 16.6. The maximum atomic E-state index is 13.2. The molecule has 0 aliphatic heterocycles. The van der Waals surface area contributed by atoms with Crippen molar-refractivity contribution in [3.05, 3.63) is 75.1 Å². The van der Waals surface area contributed by atoms with Crippen molar-refractivity contribution < 1.29 is 5.11 Å². The predicted molar refractivity (Wildman–Crippen MR) is 122 cm³/mol. The highest BCUT2D eigenvalue weighted by Gasteiger charge is 2.28. The smallest absolute Gasteiger partial charge is 0.367 e. The van der Waals surface area contributed by atoms with Gasteiger partial charge in [0.15, 0.2) is 5.65 Å². The van der Waals surface area contributed by atoms with Crippen LogP contribution in [-0.4, -0.2) is 30.6 Å². The molecular weight excluding hydrogens is 435 g/mol. The molecule has 8 heteroatoms. The summed E-state index contributed by atoms with van der Waals surface area (Å²) < 4.78 is 2.70. The van der Waals surface area contributed by atoms with Gasteiger partial charge in [0.05, 0.1) is 17.8 Å². The SMILES string of the molecule is O=c1n(C2CCCCC2O)nc2cc(-c3ccc(Cl)cc3)c(-c3ccc(Cl)cc3)nn12. The van der Waals surface area contributed by atoms with E-state index in [0.717, 1.165) is 36.0 Å². The highest BCUT2D eigenvalue weighted by atomic mass is 35.5. The summed E-state index contributed by atoms with van der Waals surface area (Å²) in [6.07, 6.45) is 2.73. The molecule has 0 spiro atoms. The molecular formula is C23H20Cl2N4O2. The van der Waals surface area contributed by atoms with Gasteiger partial charge in [0, 0.05) is 21.2 Å². The third kappa shape index (κ3) is 3.76. The van der Waals surface area contributed by atoms with Crippen molar-refractivity contribution >= 4 is 28.8 Å². The van der Waals surface area contributed by atoms with Gasteiger partial charge >= 0.3 is 5.69 Å². The zero-order chi connectivity index (χ0) is 21.5. The summed E-state index contributed by atoms with van der Waals surface area (Å²) in [5.41, 5.74) is 3.28. The lowest BCUT2D eigenvalue weighted by Gasteiger charge is -2.26. The third-order valence-electron chi connectivity index (χ3n) is 5.81. The average Bonchev–Trinajstić information content (AvgIpc) is 3.10. The Labute approximate surface area is 188 Å². The Morgan fingerprint density at radius 3 is 2.13 bits per heavy atom. The summed E-state index contributed by atoms with van der Waals surface area (Å²) in [7, 11) is 0. The Hall–Kier alpha value is -2.67. The van der Waals surface area contributed by atoms with Crippen molar-refractivity contribution in [2.45, 2.75) is 37.8 Å². The van der Waals surface area contributed by atoms with Crippen LogP contribution in [0, 0.1) is 0 Å². The second-order valence-electron chi connectivity index (χ2n) is 7.84. The number of aromatic nitrogens is 4. The van der Waals surface area contributed by atoms with E-state index >= 15 is 0 Å². The fourth-order valence-electron chi connectivity index (χ4n) is 4.19. The van der Waals surface area contributed by atoms with Gasteiger partial charge in [-0.25, -0.2) is 9.48 Å². The molecule has 5 rings (SSSR count). The van der Waals surface area contributed by atoms with Gasteiger partial charge in [0.25, 0.3) is 0 Å². The van der Waals surface area contributed by atoms with Crippen molar-refractivity contribution in [3.8, 4) is 22.4 Å². The molecule has 2 aromatic heterocycles. The highest BCUT2D eigenvalue weighted by Crippen LogP contribution is 2.33. The number of hydrogen-bond acceptors (Lipinski definition) is 4. The number of nitrogens with zero attached hydrogens (tertiary/aromatic N) is 4. The molecule has 2 atom stereocenters. The highest BCUT2D eigenvalue weighted by molar-refractivity contribution is 6.31. The minimum atomic E-state index is -0.581. The summed E-state index contributed by atoms with van der Waals surface area (Å²) in [6, 6.07) is 16.3. The summed E-state index contributed by atoms with van der Waals surface area (Å²) >= 11 is 12.1. The third-order valence-corrected chi connectivity index (χ3v) is 6.32. The van der Waals surface area contributed by atoms with Gasteiger partial charge in [0.1, 0.15) is 0 Å². The number of fused-ring (bicyclic) bond motifs is 1. The summed E-state index contributed by atoms with van der Waals surface area (Å²) in [5, 5.41) is 20.9. The Bertz CT molecular complexity index is 1300. The number of aliphatic hydroxyl groups is 1. The molecule has 6 nitrogen and oxygen atoms in total. The average molecular weight is 455 g/mol. The molecule has 31 heavy (non-hydrogen) atoms. The van der Waals surface area contributed by atoms with Crippen LogP contribution in [0.5, 0.6) is 0 Å². The van der Waals surface area contributed by atoms with Crippen LogP contribution in [-0.2, 0) is 0 Å². The van der Waals surface area contributed by atoms with Crippen molar-refractivity contribution in [2.24, 2.45) is 0 Å². The quantitative estimate of drug-likeness (QED) is 0.472. The summed E-state index contributed by atoms with van der Waals surface area (Å²) in [4.78, 5) is 13.2. The lowest BCUT2D eigenvalue weighted by Crippen LogP contribution is -2.35. The zero-order valence-corrected chi connectivity index (χ0v) is 18.1. The van der Waals surface area contributed by atoms with Crippen LogP contribution in [0.25, 0.3) is 28.0 Å². The monoisotopic (exact) mass is 454 g/mol. The van der Waals surface area contributed by atoms with Crippen LogP contribution in [0.1, 0.15) is 31.7 Å². The maximum absolute atomic E-state index is 13.2. The molecule has 1 N–H and O–H groups in total. The van der Waals surface area contributed by atoms with E-state index in [9.17, 15) is 9.90 Å². The minimum absolute atomic E-state index is 0.332. The minimum Gasteiger partial charge on any atom is -0.391 e.